The number of benzene rings is 2. The maximum Gasteiger partial charge on any atom is 0.343 e. The summed E-state index contributed by atoms with van der Waals surface area (Å²) in [6.07, 6.45) is 15.3. The molecule has 3 rings (SSSR count). The van der Waals surface area contributed by atoms with Gasteiger partial charge in [0.1, 0.15) is 18.1 Å². The van der Waals surface area contributed by atoms with Crippen molar-refractivity contribution in [2.75, 3.05) is 6.61 Å². The molecule has 0 bridgehead atoms. The summed E-state index contributed by atoms with van der Waals surface area (Å²) >= 11 is 3.37. The fraction of sp³-hybridized carbons (Fsp3) is 0.444. The third-order valence-electron chi connectivity index (χ3n) is 5.98. The Balaban J connectivity index is 1.36. The predicted octanol–water partition coefficient (Wildman–Crippen LogP) is 7.99. The molecule has 0 amide bonds. The summed E-state index contributed by atoms with van der Waals surface area (Å²) in [6.45, 7) is 2.83. The highest BCUT2D eigenvalue weighted by Crippen LogP contribution is 2.32. The quantitative estimate of drug-likeness (QED) is 0.148. The second-order valence-electron chi connectivity index (χ2n) is 8.38. The van der Waals surface area contributed by atoms with Crippen LogP contribution in [0.5, 0.6) is 11.5 Å². The first-order chi connectivity index (χ1) is 15.1. The summed E-state index contributed by atoms with van der Waals surface area (Å²) in [6, 6.07) is 14.3. The van der Waals surface area contributed by atoms with E-state index in [9.17, 15) is 4.79 Å². The van der Waals surface area contributed by atoms with Crippen LogP contribution in [0.3, 0.4) is 0 Å². The van der Waals surface area contributed by atoms with E-state index in [1.54, 1.807) is 24.3 Å². The normalized spacial score (nSPS) is 18.8. The van der Waals surface area contributed by atoms with Crippen molar-refractivity contribution in [1.29, 1.82) is 0 Å². The van der Waals surface area contributed by atoms with Crippen molar-refractivity contribution in [3.63, 3.8) is 0 Å². The molecule has 0 heterocycles. The Kier molecular flexibility index (Phi) is 9.67. The van der Waals surface area contributed by atoms with Gasteiger partial charge in [-0.05, 0) is 86.1 Å². The van der Waals surface area contributed by atoms with Crippen molar-refractivity contribution in [3.8, 4) is 11.5 Å². The number of carbonyl (C=O) groups excluding carboxylic acids is 1. The zero-order chi connectivity index (χ0) is 21.9. The van der Waals surface area contributed by atoms with Gasteiger partial charge in [0.15, 0.2) is 0 Å². The van der Waals surface area contributed by atoms with Crippen LogP contribution in [0.25, 0.3) is 0 Å². The summed E-state index contributed by atoms with van der Waals surface area (Å²) < 4.78 is 12.1. The van der Waals surface area contributed by atoms with E-state index in [4.69, 9.17) is 9.47 Å². The summed E-state index contributed by atoms with van der Waals surface area (Å²) in [5.41, 5.74) is 0.501. The topological polar surface area (TPSA) is 35.5 Å². The molecule has 0 aromatic heterocycles. The number of unbranched alkanes of at least 4 members (excludes halogenated alkanes) is 2. The molecule has 3 nitrogen and oxygen atoms in total. The largest absolute Gasteiger partial charge is 0.490 e. The molecule has 0 aliphatic heterocycles. The fourth-order valence-electron chi connectivity index (χ4n) is 4.10. The monoisotopic (exact) mass is 484 g/mol. The zero-order valence-corrected chi connectivity index (χ0v) is 20.0. The number of hydrogen-bond donors (Lipinski definition) is 0. The number of halogens is 1. The van der Waals surface area contributed by atoms with Crippen LogP contribution in [0.15, 0.2) is 65.2 Å². The number of allylic oxidation sites excluding steroid dienone is 1. The van der Waals surface area contributed by atoms with Crippen LogP contribution in [-0.2, 0) is 0 Å². The second kappa shape index (κ2) is 12.7. The molecule has 1 aliphatic carbocycles. The molecule has 2 aromatic rings. The minimum atomic E-state index is -0.376. The van der Waals surface area contributed by atoms with Gasteiger partial charge in [0.25, 0.3) is 0 Å². The molecule has 0 radical (unpaired) electrons. The minimum Gasteiger partial charge on any atom is -0.490 e. The van der Waals surface area contributed by atoms with Gasteiger partial charge in [-0.15, -0.1) is 0 Å². The maximum absolute atomic E-state index is 12.3. The molecule has 0 spiro atoms. The molecule has 166 valence electrons. The van der Waals surface area contributed by atoms with Crippen LogP contribution < -0.4 is 9.47 Å². The standard InChI is InChI=1S/C27H33BrO3/c1-2-3-4-6-21-8-10-22(11-9-21)7-5-20-30-25-16-12-23(13-17-25)27(29)31-26-18-14-24(28)15-19-26/h5,7,12-19,21-22H,2-4,6,8-11,20H2,1H3/b7-5+. The fourth-order valence-corrected chi connectivity index (χ4v) is 4.36. The molecule has 0 saturated heterocycles. The van der Waals surface area contributed by atoms with Crippen molar-refractivity contribution in [3.05, 3.63) is 70.7 Å². The van der Waals surface area contributed by atoms with Gasteiger partial charge >= 0.3 is 5.97 Å². The van der Waals surface area contributed by atoms with Gasteiger partial charge in [0, 0.05) is 4.47 Å². The second-order valence-corrected chi connectivity index (χ2v) is 9.30. The Morgan fingerprint density at radius 1 is 0.968 bits per heavy atom. The van der Waals surface area contributed by atoms with E-state index >= 15 is 0 Å². The lowest BCUT2D eigenvalue weighted by atomic mass is 9.79. The molecule has 1 aliphatic rings. The third-order valence-corrected chi connectivity index (χ3v) is 6.50. The van der Waals surface area contributed by atoms with Gasteiger partial charge in [-0.1, -0.05) is 60.7 Å². The van der Waals surface area contributed by atoms with Crippen LogP contribution in [-0.4, -0.2) is 12.6 Å². The first kappa shape index (κ1) is 23.6. The highest BCUT2D eigenvalue weighted by atomic mass is 79.9. The molecule has 0 atom stereocenters. The number of hydrogen-bond acceptors (Lipinski definition) is 3. The first-order valence-corrected chi connectivity index (χ1v) is 12.3. The summed E-state index contributed by atoms with van der Waals surface area (Å²) in [7, 11) is 0. The lowest BCUT2D eigenvalue weighted by Gasteiger charge is -2.26. The smallest absolute Gasteiger partial charge is 0.343 e. The minimum absolute atomic E-state index is 0.376. The van der Waals surface area contributed by atoms with Crippen LogP contribution in [0.2, 0.25) is 0 Å². The van der Waals surface area contributed by atoms with Gasteiger partial charge in [-0.3, -0.25) is 0 Å². The summed E-state index contributed by atoms with van der Waals surface area (Å²) in [5.74, 6) is 2.54. The molecule has 0 unspecified atom stereocenters. The third kappa shape index (κ3) is 8.17. The predicted molar refractivity (Wildman–Crippen MR) is 130 cm³/mol. The van der Waals surface area contributed by atoms with E-state index in [-0.39, 0.29) is 5.97 Å². The maximum atomic E-state index is 12.3. The average molecular weight is 485 g/mol. The lowest BCUT2D eigenvalue weighted by molar-refractivity contribution is 0.0734. The number of ether oxygens (including phenoxy) is 2. The van der Waals surface area contributed by atoms with E-state index < -0.39 is 0 Å². The number of rotatable bonds is 10. The number of carbonyl (C=O) groups is 1. The first-order valence-electron chi connectivity index (χ1n) is 11.5. The molecule has 2 aromatic carbocycles. The highest BCUT2D eigenvalue weighted by molar-refractivity contribution is 9.10. The SMILES string of the molecule is CCCCCC1CCC(/C=C/COc2ccc(C(=O)Oc3ccc(Br)cc3)cc2)CC1. The molecule has 1 saturated carbocycles. The van der Waals surface area contributed by atoms with E-state index in [0.29, 0.717) is 23.8 Å². The molecule has 0 N–H and O–H groups in total. The van der Waals surface area contributed by atoms with Gasteiger partial charge in [-0.25, -0.2) is 4.79 Å². The Hall–Kier alpha value is -2.07. The van der Waals surface area contributed by atoms with Crippen molar-refractivity contribution in [2.24, 2.45) is 11.8 Å². The highest BCUT2D eigenvalue weighted by Gasteiger charge is 2.18. The molecular weight excluding hydrogens is 452 g/mol. The zero-order valence-electron chi connectivity index (χ0n) is 18.4. The Morgan fingerprint density at radius 3 is 2.32 bits per heavy atom. The van der Waals surface area contributed by atoms with Crippen LogP contribution in [0, 0.1) is 11.8 Å². The van der Waals surface area contributed by atoms with E-state index in [1.165, 1.54) is 51.4 Å². The molecule has 4 heteroatoms. The number of esters is 1. The van der Waals surface area contributed by atoms with Crippen LogP contribution in [0.1, 0.15) is 68.6 Å². The molecular formula is C27H33BrO3. The Bertz CT molecular complexity index is 819. The van der Waals surface area contributed by atoms with Crippen molar-refractivity contribution in [1.82, 2.24) is 0 Å². The van der Waals surface area contributed by atoms with Crippen molar-refractivity contribution < 1.29 is 14.3 Å². The van der Waals surface area contributed by atoms with Gasteiger partial charge in [0.05, 0.1) is 5.56 Å². The van der Waals surface area contributed by atoms with E-state index in [0.717, 1.165) is 16.1 Å². The lowest BCUT2D eigenvalue weighted by Crippen LogP contribution is -2.13. The van der Waals surface area contributed by atoms with Gasteiger partial charge in [0.2, 0.25) is 0 Å². The van der Waals surface area contributed by atoms with Gasteiger partial charge in [-0.2, -0.15) is 0 Å². The summed E-state index contributed by atoms with van der Waals surface area (Å²) in [5, 5.41) is 0. The van der Waals surface area contributed by atoms with Gasteiger partial charge < -0.3 is 9.47 Å². The van der Waals surface area contributed by atoms with Crippen molar-refractivity contribution >= 4 is 21.9 Å². The van der Waals surface area contributed by atoms with Crippen LogP contribution >= 0.6 is 15.9 Å². The van der Waals surface area contributed by atoms with E-state index in [1.807, 2.05) is 24.3 Å². The van der Waals surface area contributed by atoms with E-state index in [2.05, 4.69) is 35.0 Å². The van der Waals surface area contributed by atoms with Crippen molar-refractivity contribution in [2.45, 2.75) is 58.3 Å². The summed E-state index contributed by atoms with van der Waals surface area (Å²) in [4.78, 5) is 12.3. The Labute approximate surface area is 195 Å². The Morgan fingerprint density at radius 2 is 1.65 bits per heavy atom. The van der Waals surface area contributed by atoms with Crippen LogP contribution in [0.4, 0.5) is 0 Å². The average Bonchev–Trinajstić information content (AvgIpc) is 2.80. The molecule has 31 heavy (non-hydrogen) atoms. The molecule has 1 fully saturated rings.